The Kier molecular flexibility index (Phi) is 3.05. The Morgan fingerprint density at radius 1 is 1.37 bits per heavy atom. The highest BCUT2D eigenvalue weighted by atomic mass is 16.5. The molecule has 1 N–H and O–H groups in total. The van der Waals surface area contributed by atoms with Crippen LogP contribution < -0.4 is 4.90 Å². The first-order valence-corrected chi connectivity index (χ1v) is 6.22. The van der Waals surface area contributed by atoms with Gasteiger partial charge < -0.3 is 9.64 Å². The van der Waals surface area contributed by atoms with Gasteiger partial charge in [-0.2, -0.15) is 5.10 Å². The number of fused-ring (bicyclic) bond motifs is 1. The lowest BCUT2D eigenvalue weighted by molar-refractivity contribution is -0.119. The van der Waals surface area contributed by atoms with Crippen molar-refractivity contribution in [2.45, 2.75) is 13.0 Å². The van der Waals surface area contributed by atoms with Crippen LogP contribution in [0, 0.1) is 0 Å². The predicted octanol–water partition coefficient (Wildman–Crippen LogP) is 1.96. The largest absolute Gasteiger partial charge is 0.376 e. The topological polar surface area (TPSA) is 58.2 Å². The molecular formula is C14H15N3O2. The van der Waals surface area contributed by atoms with Crippen LogP contribution in [0.1, 0.15) is 12.0 Å². The minimum atomic E-state index is 0.0743. The van der Waals surface area contributed by atoms with Gasteiger partial charge in [-0.05, 0) is 11.6 Å². The fourth-order valence-corrected chi connectivity index (χ4v) is 2.23. The molecule has 2 aromatic rings. The average Bonchev–Trinajstić information content (AvgIpc) is 2.95. The van der Waals surface area contributed by atoms with Gasteiger partial charge in [0.1, 0.15) is 0 Å². The summed E-state index contributed by atoms with van der Waals surface area (Å²) in [6, 6.07) is 6.03. The van der Waals surface area contributed by atoms with Crippen LogP contribution in [0.5, 0.6) is 0 Å². The maximum absolute atomic E-state index is 12.0. The molecule has 19 heavy (non-hydrogen) atoms. The first-order chi connectivity index (χ1) is 9.25. The number of hydrogen-bond donors (Lipinski definition) is 1. The molecule has 0 atom stereocenters. The Bertz CT molecular complexity index is 593. The second-order valence-corrected chi connectivity index (χ2v) is 4.59. The van der Waals surface area contributed by atoms with Crippen molar-refractivity contribution in [2.24, 2.45) is 0 Å². The molecule has 1 aromatic carbocycles. The van der Waals surface area contributed by atoms with Gasteiger partial charge in [0.2, 0.25) is 5.91 Å². The smallest absolute Gasteiger partial charge is 0.229 e. The van der Waals surface area contributed by atoms with Crippen LogP contribution >= 0.6 is 0 Å². The van der Waals surface area contributed by atoms with Gasteiger partial charge >= 0.3 is 0 Å². The van der Waals surface area contributed by atoms with E-state index in [9.17, 15) is 4.79 Å². The van der Waals surface area contributed by atoms with Crippen LogP contribution in [-0.2, 0) is 16.1 Å². The zero-order valence-electron chi connectivity index (χ0n) is 10.7. The quantitative estimate of drug-likeness (QED) is 0.849. The summed E-state index contributed by atoms with van der Waals surface area (Å²) in [5, 5.41) is 6.74. The van der Waals surface area contributed by atoms with Gasteiger partial charge in [-0.25, -0.2) is 0 Å². The Labute approximate surface area is 111 Å². The molecular weight excluding hydrogens is 242 g/mol. The van der Waals surface area contributed by atoms with Crippen molar-refractivity contribution >= 4 is 11.6 Å². The van der Waals surface area contributed by atoms with Crippen LogP contribution in [0.3, 0.4) is 0 Å². The summed E-state index contributed by atoms with van der Waals surface area (Å²) in [5.74, 6) is 0.0743. The van der Waals surface area contributed by atoms with Crippen molar-refractivity contribution in [1.82, 2.24) is 10.2 Å². The highest BCUT2D eigenvalue weighted by Crippen LogP contribution is 2.29. The number of nitrogens with one attached hydrogen (secondary N) is 1. The van der Waals surface area contributed by atoms with E-state index in [1.807, 2.05) is 31.4 Å². The van der Waals surface area contributed by atoms with Crippen molar-refractivity contribution in [3.8, 4) is 11.1 Å². The number of anilines is 1. The summed E-state index contributed by atoms with van der Waals surface area (Å²) in [7, 11) is 1.81. The first kappa shape index (κ1) is 11.9. The number of nitrogens with zero attached hydrogens (tertiary/aromatic N) is 2. The molecule has 0 aliphatic carbocycles. The Morgan fingerprint density at radius 2 is 2.26 bits per heavy atom. The molecule has 1 aliphatic heterocycles. The van der Waals surface area contributed by atoms with E-state index in [0.717, 1.165) is 22.4 Å². The number of aromatic amines is 1. The number of carbonyl (C=O) groups excluding carboxylic acids is 1. The van der Waals surface area contributed by atoms with E-state index < -0.39 is 0 Å². The van der Waals surface area contributed by atoms with Gasteiger partial charge in [-0.3, -0.25) is 9.89 Å². The van der Waals surface area contributed by atoms with Gasteiger partial charge in [-0.15, -0.1) is 0 Å². The van der Waals surface area contributed by atoms with Crippen LogP contribution in [0.4, 0.5) is 5.69 Å². The first-order valence-electron chi connectivity index (χ1n) is 6.22. The summed E-state index contributed by atoms with van der Waals surface area (Å²) < 4.78 is 5.48. The van der Waals surface area contributed by atoms with Crippen LogP contribution in [0.2, 0.25) is 0 Å². The number of aromatic nitrogens is 2. The van der Waals surface area contributed by atoms with E-state index in [1.54, 1.807) is 11.1 Å². The standard InChI is InChI=1S/C14H15N3O2/c1-17-13-6-10(12-7-15-16-8-12)2-3-11(13)9-19-5-4-14(17)18/h2-3,6-8H,4-5,9H2,1H3,(H,15,16). The fourth-order valence-electron chi connectivity index (χ4n) is 2.23. The second kappa shape index (κ2) is 4.85. The summed E-state index contributed by atoms with van der Waals surface area (Å²) in [5.41, 5.74) is 3.98. The minimum Gasteiger partial charge on any atom is -0.376 e. The third-order valence-corrected chi connectivity index (χ3v) is 3.37. The van der Waals surface area contributed by atoms with Crippen molar-refractivity contribution in [1.29, 1.82) is 0 Å². The molecule has 3 rings (SSSR count). The van der Waals surface area contributed by atoms with Gasteiger partial charge in [0.25, 0.3) is 0 Å². The number of rotatable bonds is 1. The zero-order valence-corrected chi connectivity index (χ0v) is 10.7. The highest BCUT2D eigenvalue weighted by Gasteiger charge is 2.18. The molecule has 0 saturated carbocycles. The molecule has 1 aliphatic rings. The highest BCUT2D eigenvalue weighted by molar-refractivity contribution is 5.94. The lowest BCUT2D eigenvalue weighted by Crippen LogP contribution is -2.29. The monoisotopic (exact) mass is 257 g/mol. The number of ether oxygens (including phenoxy) is 1. The molecule has 0 spiro atoms. The summed E-state index contributed by atoms with van der Waals surface area (Å²) >= 11 is 0. The normalized spacial score (nSPS) is 15.8. The lowest BCUT2D eigenvalue weighted by Gasteiger charge is -2.24. The number of carbonyl (C=O) groups is 1. The number of benzene rings is 1. The van der Waals surface area contributed by atoms with E-state index in [1.165, 1.54) is 0 Å². The van der Waals surface area contributed by atoms with Crippen LogP contribution in [-0.4, -0.2) is 29.8 Å². The van der Waals surface area contributed by atoms with E-state index in [2.05, 4.69) is 10.2 Å². The predicted molar refractivity (Wildman–Crippen MR) is 71.7 cm³/mol. The van der Waals surface area contributed by atoms with Crippen LogP contribution in [0.15, 0.2) is 30.6 Å². The maximum Gasteiger partial charge on any atom is 0.229 e. The van der Waals surface area contributed by atoms with Crippen molar-refractivity contribution in [3.05, 3.63) is 36.2 Å². The van der Waals surface area contributed by atoms with Gasteiger partial charge in [0.05, 0.1) is 25.8 Å². The summed E-state index contributed by atoms with van der Waals surface area (Å²) in [6.45, 7) is 1.02. The molecule has 5 heteroatoms. The van der Waals surface area contributed by atoms with Gasteiger partial charge in [0, 0.05) is 30.1 Å². The Hall–Kier alpha value is -2.14. The minimum absolute atomic E-state index is 0.0743. The third kappa shape index (κ3) is 2.24. The SMILES string of the molecule is CN1C(=O)CCOCc2ccc(-c3cn[nH]c3)cc21. The second-order valence-electron chi connectivity index (χ2n) is 4.59. The molecule has 0 unspecified atom stereocenters. The maximum atomic E-state index is 12.0. The van der Waals surface area contributed by atoms with E-state index in [4.69, 9.17) is 4.74 Å². The Balaban J connectivity index is 2.06. The van der Waals surface area contributed by atoms with E-state index in [0.29, 0.717) is 19.6 Å². The van der Waals surface area contributed by atoms with Gasteiger partial charge in [0.15, 0.2) is 0 Å². The molecule has 2 heterocycles. The zero-order chi connectivity index (χ0) is 13.2. The van der Waals surface area contributed by atoms with Crippen molar-refractivity contribution in [3.63, 3.8) is 0 Å². The molecule has 98 valence electrons. The fraction of sp³-hybridized carbons (Fsp3) is 0.286. The molecule has 1 amide bonds. The molecule has 0 fully saturated rings. The van der Waals surface area contributed by atoms with Gasteiger partial charge in [-0.1, -0.05) is 12.1 Å². The van der Waals surface area contributed by atoms with Crippen molar-refractivity contribution in [2.75, 3.05) is 18.6 Å². The molecule has 0 saturated heterocycles. The van der Waals surface area contributed by atoms with E-state index in [-0.39, 0.29) is 5.91 Å². The van der Waals surface area contributed by atoms with Crippen LogP contribution in [0.25, 0.3) is 11.1 Å². The number of H-pyrrole nitrogens is 1. The lowest BCUT2D eigenvalue weighted by atomic mass is 10.0. The molecule has 5 nitrogen and oxygen atoms in total. The summed E-state index contributed by atoms with van der Waals surface area (Å²) in [6.07, 6.45) is 4.03. The summed E-state index contributed by atoms with van der Waals surface area (Å²) in [4.78, 5) is 13.7. The third-order valence-electron chi connectivity index (χ3n) is 3.37. The average molecular weight is 257 g/mol. The Morgan fingerprint density at radius 3 is 3.05 bits per heavy atom. The molecule has 1 aromatic heterocycles. The molecule has 0 radical (unpaired) electrons. The molecule has 0 bridgehead atoms. The number of hydrogen-bond acceptors (Lipinski definition) is 3. The number of amides is 1. The van der Waals surface area contributed by atoms with Crippen molar-refractivity contribution < 1.29 is 9.53 Å². The van der Waals surface area contributed by atoms with E-state index >= 15 is 0 Å².